The van der Waals surface area contributed by atoms with E-state index in [1.54, 1.807) is 0 Å². The normalized spacial score (nSPS) is 13.3. The summed E-state index contributed by atoms with van der Waals surface area (Å²) < 4.78 is 26.3. The fourth-order valence-corrected chi connectivity index (χ4v) is 1.85. The number of benzene rings is 1. The molecule has 0 saturated heterocycles. The highest BCUT2D eigenvalue weighted by Crippen LogP contribution is 2.29. The maximum Gasteiger partial charge on any atom is 0.126 e. The fraction of sp³-hybridized carbons (Fsp3) is 0.500. The molecule has 78 valence electrons. The Balaban J connectivity index is 3.08. The van der Waals surface area contributed by atoms with Gasteiger partial charge in [0.25, 0.3) is 0 Å². The third-order valence-electron chi connectivity index (χ3n) is 2.60. The molecular weight excluding hydrogens is 182 g/mol. The van der Waals surface area contributed by atoms with Crippen LogP contribution in [0.1, 0.15) is 38.7 Å². The van der Waals surface area contributed by atoms with Gasteiger partial charge in [0.05, 0.1) is 0 Å². The topological polar surface area (TPSA) is 0 Å². The van der Waals surface area contributed by atoms with Crippen LogP contribution in [0.2, 0.25) is 0 Å². The van der Waals surface area contributed by atoms with E-state index in [1.165, 1.54) is 12.1 Å². The Kier molecular flexibility index (Phi) is 3.62. The molecule has 0 aliphatic heterocycles. The molecule has 0 nitrogen and oxygen atoms in total. The van der Waals surface area contributed by atoms with Crippen molar-refractivity contribution in [3.8, 4) is 0 Å². The molecule has 14 heavy (non-hydrogen) atoms. The maximum atomic E-state index is 13.4. The summed E-state index contributed by atoms with van der Waals surface area (Å²) in [6.07, 6.45) is 0.831. The Morgan fingerprint density at radius 2 is 1.86 bits per heavy atom. The van der Waals surface area contributed by atoms with Crippen LogP contribution in [0.5, 0.6) is 0 Å². The number of halogens is 2. The van der Waals surface area contributed by atoms with Gasteiger partial charge < -0.3 is 0 Å². The zero-order valence-corrected chi connectivity index (χ0v) is 8.85. The van der Waals surface area contributed by atoms with E-state index >= 15 is 0 Å². The van der Waals surface area contributed by atoms with Gasteiger partial charge in [-0.25, -0.2) is 8.78 Å². The minimum absolute atomic E-state index is 0.102. The van der Waals surface area contributed by atoms with E-state index in [4.69, 9.17) is 0 Å². The molecule has 0 aliphatic carbocycles. The van der Waals surface area contributed by atoms with Gasteiger partial charge in [0, 0.05) is 0 Å². The van der Waals surface area contributed by atoms with Gasteiger partial charge in [-0.1, -0.05) is 20.8 Å². The molecule has 0 N–H and O–H groups in total. The number of hydrogen-bond donors (Lipinski definition) is 0. The second-order valence-electron chi connectivity index (χ2n) is 3.92. The summed E-state index contributed by atoms with van der Waals surface area (Å²) in [4.78, 5) is 0. The van der Waals surface area contributed by atoms with Crippen LogP contribution in [0.15, 0.2) is 18.2 Å². The molecule has 1 rings (SSSR count). The van der Waals surface area contributed by atoms with Crippen molar-refractivity contribution in [2.45, 2.75) is 33.1 Å². The summed E-state index contributed by atoms with van der Waals surface area (Å²) in [6, 6.07) is 3.67. The third kappa shape index (κ3) is 2.31. The molecular formula is C12H16F2. The van der Waals surface area contributed by atoms with Gasteiger partial charge >= 0.3 is 0 Å². The Labute approximate surface area is 84.0 Å². The van der Waals surface area contributed by atoms with Gasteiger partial charge in [0.1, 0.15) is 11.6 Å². The van der Waals surface area contributed by atoms with Gasteiger partial charge in [-0.05, 0) is 42.0 Å². The van der Waals surface area contributed by atoms with E-state index in [9.17, 15) is 8.78 Å². The number of hydrogen-bond acceptors (Lipinski definition) is 0. The molecule has 0 unspecified atom stereocenters. The lowest BCUT2D eigenvalue weighted by Gasteiger charge is -2.19. The molecule has 0 aromatic heterocycles. The van der Waals surface area contributed by atoms with Crippen LogP contribution in [-0.4, -0.2) is 0 Å². The molecule has 0 saturated carbocycles. The second-order valence-corrected chi connectivity index (χ2v) is 3.92. The Morgan fingerprint density at radius 1 is 1.21 bits per heavy atom. The summed E-state index contributed by atoms with van der Waals surface area (Å²) in [5.74, 6) is -0.227. The Hall–Kier alpha value is -0.920. The predicted octanol–water partition coefficient (Wildman–Crippen LogP) is 4.11. The van der Waals surface area contributed by atoms with Crippen LogP contribution in [0.4, 0.5) is 8.78 Å². The van der Waals surface area contributed by atoms with Gasteiger partial charge in [-0.3, -0.25) is 0 Å². The van der Waals surface area contributed by atoms with Crippen molar-refractivity contribution >= 4 is 0 Å². The molecule has 1 aromatic carbocycles. The van der Waals surface area contributed by atoms with Crippen LogP contribution >= 0.6 is 0 Å². The highest BCUT2D eigenvalue weighted by atomic mass is 19.1. The summed E-state index contributed by atoms with van der Waals surface area (Å²) in [5.41, 5.74) is 0.502. The number of rotatable bonds is 3. The maximum absolute atomic E-state index is 13.4. The first-order chi connectivity index (χ1) is 6.56. The fourth-order valence-electron chi connectivity index (χ4n) is 1.85. The monoisotopic (exact) mass is 198 g/mol. The van der Waals surface area contributed by atoms with Crippen molar-refractivity contribution in [2.24, 2.45) is 5.92 Å². The Morgan fingerprint density at radius 3 is 2.36 bits per heavy atom. The quantitative estimate of drug-likeness (QED) is 0.685. The average Bonchev–Trinajstić information content (AvgIpc) is 2.11. The van der Waals surface area contributed by atoms with Crippen molar-refractivity contribution in [3.05, 3.63) is 35.4 Å². The predicted molar refractivity (Wildman–Crippen MR) is 54.2 cm³/mol. The van der Waals surface area contributed by atoms with Crippen LogP contribution in [-0.2, 0) is 0 Å². The van der Waals surface area contributed by atoms with Crippen molar-refractivity contribution < 1.29 is 8.78 Å². The van der Waals surface area contributed by atoms with Gasteiger partial charge in [0.15, 0.2) is 0 Å². The highest BCUT2D eigenvalue weighted by molar-refractivity contribution is 5.23. The molecule has 2 heteroatoms. The molecule has 0 radical (unpaired) electrons. The van der Waals surface area contributed by atoms with E-state index in [0.717, 1.165) is 12.5 Å². The van der Waals surface area contributed by atoms with E-state index < -0.39 is 0 Å². The average molecular weight is 198 g/mol. The first-order valence-corrected chi connectivity index (χ1v) is 5.01. The molecule has 0 heterocycles. The first kappa shape index (κ1) is 11.2. The van der Waals surface area contributed by atoms with Crippen molar-refractivity contribution in [3.63, 3.8) is 0 Å². The van der Waals surface area contributed by atoms with Gasteiger partial charge in [0.2, 0.25) is 0 Å². The molecule has 0 fully saturated rings. The minimum Gasteiger partial charge on any atom is -0.207 e. The molecule has 0 spiro atoms. The summed E-state index contributed by atoms with van der Waals surface area (Å²) in [5, 5.41) is 0. The third-order valence-corrected chi connectivity index (χ3v) is 2.60. The highest BCUT2D eigenvalue weighted by Gasteiger charge is 2.17. The lowest BCUT2D eigenvalue weighted by molar-refractivity contribution is 0.457. The molecule has 0 bridgehead atoms. The van der Waals surface area contributed by atoms with Crippen molar-refractivity contribution in [1.29, 1.82) is 0 Å². The van der Waals surface area contributed by atoms with Crippen LogP contribution < -0.4 is 0 Å². The molecule has 0 amide bonds. The van der Waals surface area contributed by atoms with E-state index in [0.29, 0.717) is 11.5 Å². The lowest BCUT2D eigenvalue weighted by Crippen LogP contribution is -2.08. The van der Waals surface area contributed by atoms with E-state index in [2.05, 4.69) is 0 Å². The standard InChI is InChI=1S/C12H16F2/c1-4-10(8(2)3)11-7-9(13)5-6-12(11)14/h5-8,10H,4H2,1-3H3/t10-/m1/s1. The largest absolute Gasteiger partial charge is 0.207 e. The summed E-state index contributed by atoms with van der Waals surface area (Å²) in [7, 11) is 0. The lowest BCUT2D eigenvalue weighted by atomic mass is 9.86. The smallest absolute Gasteiger partial charge is 0.126 e. The van der Waals surface area contributed by atoms with Crippen LogP contribution in [0.25, 0.3) is 0 Å². The van der Waals surface area contributed by atoms with E-state index in [1.807, 2.05) is 20.8 Å². The summed E-state index contributed by atoms with van der Waals surface area (Å²) in [6.45, 7) is 6.05. The molecule has 0 aliphatic rings. The zero-order valence-electron chi connectivity index (χ0n) is 8.85. The first-order valence-electron chi connectivity index (χ1n) is 5.01. The Bertz CT molecular complexity index is 305. The van der Waals surface area contributed by atoms with Crippen LogP contribution in [0, 0.1) is 17.6 Å². The van der Waals surface area contributed by atoms with Crippen LogP contribution in [0.3, 0.4) is 0 Å². The molecule has 1 atom stereocenters. The summed E-state index contributed by atoms with van der Waals surface area (Å²) >= 11 is 0. The zero-order chi connectivity index (χ0) is 10.7. The van der Waals surface area contributed by atoms with Gasteiger partial charge in [-0.2, -0.15) is 0 Å². The minimum atomic E-state index is -0.361. The van der Waals surface area contributed by atoms with Gasteiger partial charge in [-0.15, -0.1) is 0 Å². The second kappa shape index (κ2) is 4.54. The van der Waals surface area contributed by atoms with Crippen molar-refractivity contribution in [2.75, 3.05) is 0 Å². The molecule has 1 aromatic rings. The van der Waals surface area contributed by atoms with Crippen molar-refractivity contribution in [1.82, 2.24) is 0 Å². The SMILES string of the molecule is CC[C@@H](c1cc(F)ccc1F)C(C)C. The van der Waals surface area contributed by atoms with E-state index in [-0.39, 0.29) is 17.6 Å².